The summed E-state index contributed by atoms with van der Waals surface area (Å²) >= 11 is 0. The molecule has 1 aliphatic carbocycles. The van der Waals surface area contributed by atoms with Gasteiger partial charge in [-0.05, 0) is 65.3 Å². The van der Waals surface area contributed by atoms with E-state index in [1.54, 1.807) is 0 Å². The molecule has 4 aromatic rings. The van der Waals surface area contributed by atoms with Gasteiger partial charge in [-0.3, -0.25) is 0 Å². The molecule has 33 heavy (non-hydrogen) atoms. The van der Waals surface area contributed by atoms with Crippen molar-refractivity contribution in [3.05, 3.63) is 108 Å². The summed E-state index contributed by atoms with van der Waals surface area (Å²) in [5, 5.41) is 21.4. The molecule has 1 saturated carbocycles. The normalized spacial score (nSPS) is 17.5. The average molecular weight is 435 g/mol. The van der Waals surface area contributed by atoms with Crippen molar-refractivity contribution in [1.29, 1.82) is 0 Å². The number of rotatable bonds is 4. The molecule has 2 nitrogen and oxygen atoms in total. The molecule has 166 valence electrons. The Morgan fingerprint density at radius 1 is 0.667 bits per heavy atom. The third-order valence-electron chi connectivity index (χ3n) is 7.27. The fourth-order valence-electron chi connectivity index (χ4n) is 5.61. The molecular weight excluding hydrogens is 404 g/mol. The van der Waals surface area contributed by atoms with E-state index in [-0.39, 0.29) is 5.41 Å². The molecule has 1 unspecified atom stereocenters. The van der Waals surface area contributed by atoms with Gasteiger partial charge in [0, 0.05) is 16.5 Å². The molecule has 1 aliphatic rings. The molecule has 0 heterocycles. The minimum absolute atomic E-state index is 0.161. The lowest BCUT2D eigenvalue weighted by molar-refractivity contribution is 0.272. The van der Waals surface area contributed by atoms with Crippen LogP contribution in [0.4, 0.5) is 0 Å². The molecule has 0 bridgehead atoms. The van der Waals surface area contributed by atoms with E-state index in [9.17, 15) is 10.2 Å². The number of phenols is 2. The molecule has 1 atom stereocenters. The van der Waals surface area contributed by atoms with E-state index in [2.05, 4.69) is 31.2 Å². The minimum atomic E-state index is -0.161. The molecule has 0 spiro atoms. The highest BCUT2D eigenvalue weighted by Crippen LogP contribution is 2.49. The van der Waals surface area contributed by atoms with Crippen LogP contribution in [0.5, 0.6) is 11.5 Å². The zero-order chi connectivity index (χ0) is 22.8. The van der Waals surface area contributed by atoms with E-state index in [4.69, 9.17) is 0 Å². The SMILES string of the molecule is CC1CCCC(c2ccc(O)c(-c3ccccc3)c2)(c2ccc(O)c(-c3ccccc3)c2)C1. The third-order valence-corrected chi connectivity index (χ3v) is 7.27. The number of hydrogen-bond donors (Lipinski definition) is 2. The Balaban J connectivity index is 1.69. The number of benzene rings is 4. The Kier molecular flexibility index (Phi) is 5.68. The van der Waals surface area contributed by atoms with E-state index in [1.807, 2.05) is 72.8 Å². The second-order valence-corrected chi connectivity index (χ2v) is 9.48. The number of aromatic hydroxyl groups is 2. The standard InChI is InChI=1S/C31H30O2/c1-22-9-8-18-31(21-22,25-14-16-29(32)27(19-25)23-10-4-2-5-11-23)26-15-17-30(33)28(20-26)24-12-6-3-7-13-24/h2-7,10-17,19-20,22,32-33H,8-9,18,21H2,1H3. The first-order valence-electron chi connectivity index (χ1n) is 11.8. The van der Waals surface area contributed by atoms with Gasteiger partial charge in [-0.1, -0.05) is 92.6 Å². The van der Waals surface area contributed by atoms with E-state index >= 15 is 0 Å². The van der Waals surface area contributed by atoms with Crippen LogP contribution in [0.2, 0.25) is 0 Å². The predicted octanol–water partition coefficient (Wildman–Crippen LogP) is 7.93. The van der Waals surface area contributed by atoms with Crippen molar-refractivity contribution < 1.29 is 10.2 Å². The average Bonchev–Trinajstić information content (AvgIpc) is 2.85. The van der Waals surface area contributed by atoms with Gasteiger partial charge in [0.2, 0.25) is 0 Å². The molecule has 1 fully saturated rings. The number of phenolic OH excluding ortho intramolecular Hbond substituents is 2. The van der Waals surface area contributed by atoms with E-state index in [0.717, 1.165) is 41.5 Å². The monoisotopic (exact) mass is 434 g/mol. The first-order valence-corrected chi connectivity index (χ1v) is 11.8. The summed E-state index contributed by atoms with van der Waals surface area (Å²) in [5.74, 6) is 1.21. The molecule has 2 N–H and O–H groups in total. The van der Waals surface area contributed by atoms with Crippen LogP contribution in [0, 0.1) is 5.92 Å². The fourth-order valence-corrected chi connectivity index (χ4v) is 5.61. The van der Waals surface area contributed by atoms with Crippen molar-refractivity contribution in [2.45, 2.75) is 38.0 Å². The van der Waals surface area contributed by atoms with Gasteiger partial charge in [-0.2, -0.15) is 0 Å². The van der Waals surface area contributed by atoms with Gasteiger partial charge in [0.1, 0.15) is 11.5 Å². The summed E-state index contributed by atoms with van der Waals surface area (Å²) in [6.45, 7) is 2.34. The number of hydrogen-bond acceptors (Lipinski definition) is 2. The molecule has 4 aromatic carbocycles. The van der Waals surface area contributed by atoms with Crippen LogP contribution in [-0.2, 0) is 5.41 Å². The zero-order valence-electron chi connectivity index (χ0n) is 19.0. The highest BCUT2D eigenvalue weighted by atomic mass is 16.3. The van der Waals surface area contributed by atoms with Gasteiger partial charge < -0.3 is 10.2 Å². The van der Waals surface area contributed by atoms with Gasteiger partial charge in [0.25, 0.3) is 0 Å². The molecule has 0 aliphatic heterocycles. The Hall–Kier alpha value is -3.52. The van der Waals surface area contributed by atoms with Crippen LogP contribution in [0.25, 0.3) is 22.3 Å². The fraction of sp³-hybridized carbons (Fsp3) is 0.226. The Morgan fingerprint density at radius 2 is 1.15 bits per heavy atom. The Bertz CT molecular complexity index is 1160. The largest absolute Gasteiger partial charge is 0.507 e. The molecular formula is C31H30O2. The summed E-state index contributed by atoms with van der Waals surface area (Å²) in [7, 11) is 0. The maximum atomic E-state index is 10.7. The lowest BCUT2D eigenvalue weighted by Crippen LogP contribution is -2.33. The first kappa shape index (κ1) is 21.3. The molecule has 2 heteroatoms. The van der Waals surface area contributed by atoms with Gasteiger partial charge in [0.05, 0.1) is 0 Å². The zero-order valence-corrected chi connectivity index (χ0v) is 19.0. The van der Waals surface area contributed by atoms with Crippen LogP contribution in [0.15, 0.2) is 97.1 Å². The lowest BCUT2D eigenvalue weighted by Gasteiger charge is -2.42. The molecule has 5 rings (SSSR count). The minimum Gasteiger partial charge on any atom is -0.507 e. The van der Waals surface area contributed by atoms with Crippen molar-refractivity contribution in [3.8, 4) is 33.8 Å². The van der Waals surface area contributed by atoms with Crippen LogP contribution >= 0.6 is 0 Å². The highest BCUT2D eigenvalue weighted by molar-refractivity contribution is 5.73. The third kappa shape index (κ3) is 4.02. The first-order chi connectivity index (χ1) is 16.1. The Morgan fingerprint density at radius 3 is 1.61 bits per heavy atom. The summed E-state index contributed by atoms with van der Waals surface area (Å²) < 4.78 is 0. The van der Waals surface area contributed by atoms with E-state index in [1.165, 1.54) is 17.5 Å². The van der Waals surface area contributed by atoms with Gasteiger partial charge >= 0.3 is 0 Å². The van der Waals surface area contributed by atoms with E-state index < -0.39 is 0 Å². The van der Waals surface area contributed by atoms with Gasteiger partial charge in [-0.25, -0.2) is 0 Å². The molecule has 0 amide bonds. The molecule has 0 radical (unpaired) electrons. The van der Waals surface area contributed by atoms with Crippen LogP contribution < -0.4 is 0 Å². The van der Waals surface area contributed by atoms with Crippen molar-refractivity contribution >= 4 is 0 Å². The summed E-state index contributed by atoms with van der Waals surface area (Å²) in [5.41, 5.74) is 6.08. The van der Waals surface area contributed by atoms with Crippen molar-refractivity contribution in [3.63, 3.8) is 0 Å². The van der Waals surface area contributed by atoms with Gasteiger partial charge in [-0.15, -0.1) is 0 Å². The quantitative estimate of drug-likeness (QED) is 0.342. The van der Waals surface area contributed by atoms with Crippen molar-refractivity contribution in [2.75, 3.05) is 0 Å². The lowest BCUT2D eigenvalue weighted by atomic mass is 9.62. The maximum absolute atomic E-state index is 10.7. The van der Waals surface area contributed by atoms with Gasteiger partial charge in [0.15, 0.2) is 0 Å². The summed E-state index contributed by atoms with van der Waals surface area (Å²) in [6, 6.07) is 32.4. The Labute approximate surface area is 196 Å². The van der Waals surface area contributed by atoms with Crippen molar-refractivity contribution in [2.24, 2.45) is 5.92 Å². The summed E-state index contributed by atoms with van der Waals surface area (Å²) in [4.78, 5) is 0. The van der Waals surface area contributed by atoms with Crippen LogP contribution in [0.1, 0.15) is 43.7 Å². The van der Waals surface area contributed by atoms with E-state index in [0.29, 0.717) is 17.4 Å². The van der Waals surface area contributed by atoms with Crippen LogP contribution in [-0.4, -0.2) is 10.2 Å². The molecule has 0 saturated heterocycles. The summed E-state index contributed by atoms with van der Waals surface area (Å²) in [6.07, 6.45) is 4.49. The second kappa shape index (κ2) is 8.78. The second-order valence-electron chi connectivity index (χ2n) is 9.48. The molecule has 0 aromatic heterocycles. The smallest absolute Gasteiger partial charge is 0.123 e. The topological polar surface area (TPSA) is 40.5 Å². The maximum Gasteiger partial charge on any atom is 0.123 e. The van der Waals surface area contributed by atoms with Crippen LogP contribution in [0.3, 0.4) is 0 Å². The van der Waals surface area contributed by atoms with Crippen molar-refractivity contribution in [1.82, 2.24) is 0 Å². The highest BCUT2D eigenvalue weighted by Gasteiger charge is 2.39. The predicted molar refractivity (Wildman–Crippen MR) is 135 cm³/mol.